The minimum atomic E-state index is -0.501. The summed E-state index contributed by atoms with van der Waals surface area (Å²) in [5, 5.41) is 0. The predicted molar refractivity (Wildman–Crippen MR) is 102 cm³/mol. The third-order valence-corrected chi connectivity index (χ3v) is 5.25. The monoisotopic (exact) mass is 345 g/mol. The van der Waals surface area contributed by atoms with Crippen molar-refractivity contribution in [1.82, 2.24) is 4.90 Å². The van der Waals surface area contributed by atoms with Crippen LogP contribution in [0.25, 0.3) is 0 Å². The van der Waals surface area contributed by atoms with E-state index >= 15 is 0 Å². The molecule has 1 aromatic carbocycles. The van der Waals surface area contributed by atoms with Crippen LogP contribution in [0.5, 0.6) is 0 Å². The molecule has 0 aromatic heterocycles. The summed E-state index contributed by atoms with van der Waals surface area (Å²) in [6, 6.07) is 10.0. The molecule has 2 rings (SSSR count). The minimum absolute atomic E-state index is 0.0959. The van der Waals surface area contributed by atoms with Gasteiger partial charge in [0.1, 0.15) is 0 Å². The predicted octanol–water partition coefficient (Wildman–Crippen LogP) is 4.25. The lowest BCUT2D eigenvalue weighted by atomic mass is 9.72. The van der Waals surface area contributed by atoms with Gasteiger partial charge in [0.2, 0.25) is 5.91 Å². The van der Waals surface area contributed by atoms with Crippen molar-refractivity contribution >= 4 is 13.0 Å². The van der Waals surface area contributed by atoms with E-state index in [4.69, 9.17) is 9.31 Å². The van der Waals surface area contributed by atoms with Crippen LogP contribution in [0, 0.1) is 5.41 Å². The van der Waals surface area contributed by atoms with Gasteiger partial charge >= 0.3 is 7.12 Å². The first-order chi connectivity index (χ1) is 11.4. The third-order valence-electron chi connectivity index (χ3n) is 5.25. The van der Waals surface area contributed by atoms with Crippen molar-refractivity contribution in [2.45, 2.75) is 72.5 Å². The van der Waals surface area contributed by atoms with E-state index < -0.39 is 23.7 Å². The average Bonchev–Trinajstić information content (AvgIpc) is 2.71. The molecule has 138 valence electrons. The molecule has 0 aliphatic carbocycles. The molecule has 1 aliphatic rings. The summed E-state index contributed by atoms with van der Waals surface area (Å²) in [6.07, 6.45) is 0. The Morgan fingerprint density at radius 3 is 1.96 bits per heavy atom. The number of nitrogens with zero attached hydrogens (tertiary/aromatic N) is 1. The number of amides is 1. The summed E-state index contributed by atoms with van der Waals surface area (Å²) < 4.78 is 12.6. The van der Waals surface area contributed by atoms with Crippen LogP contribution in [-0.4, -0.2) is 35.7 Å². The van der Waals surface area contributed by atoms with Crippen molar-refractivity contribution in [3.63, 3.8) is 0 Å². The molecule has 0 bridgehead atoms. The first-order valence-corrected chi connectivity index (χ1v) is 9.12. The largest absolute Gasteiger partial charge is 0.486 e. The van der Waals surface area contributed by atoms with Crippen LogP contribution in [0.1, 0.15) is 66.9 Å². The van der Waals surface area contributed by atoms with Crippen molar-refractivity contribution in [2.75, 3.05) is 6.54 Å². The second kappa shape index (κ2) is 6.77. The van der Waals surface area contributed by atoms with Crippen LogP contribution in [0.15, 0.2) is 30.3 Å². The summed E-state index contributed by atoms with van der Waals surface area (Å²) in [6.45, 7) is 16.6. The van der Waals surface area contributed by atoms with E-state index in [1.807, 2.05) is 90.6 Å². The lowest BCUT2D eigenvalue weighted by Crippen LogP contribution is -2.48. The van der Waals surface area contributed by atoms with E-state index in [1.54, 1.807) is 0 Å². The molecular weight excluding hydrogens is 313 g/mol. The van der Waals surface area contributed by atoms with Crippen molar-refractivity contribution in [3.05, 3.63) is 35.9 Å². The molecule has 1 fully saturated rings. The Balaban J connectivity index is 2.47. The van der Waals surface area contributed by atoms with Gasteiger partial charge in [-0.15, -0.1) is 0 Å². The molecule has 1 amide bonds. The molecule has 1 unspecified atom stereocenters. The highest BCUT2D eigenvalue weighted by Crippen LogP contribution is 2.42. The maximum Gasteiger partial charge on any atom is 0.486 e. The normalized spacial score (nSPS) is 20.4. The summed E-state index contributed by atoms with van der Waals surface area (Å²) in [5.74, 6) is -0.183. The molecule has 0 radical (unpaired) electrons. The van der Waals surface area contributed by atoms with Gasteiger partial charge in [0.25, 0.3) is 0 Å². The van der Waals surface area contributed by atoms with Gasteiger partial charge in [-0.05, 0) is 40.2 Å². The number of benzene rings is 1. The number of carbonyl (C=O) groups is 1. The SMILES string of the molecule is CCN(C(=O)C(C)(C)C)C(B1OC(C)(C)C(C)(C)O1)c1ccccc1. The Morgan fingerprint density at radius 1 is 1.08 bits per heavy atom. The summed E-state index contributed by atoms with van der Waals surface area (Å²) in [4.78, 5) is 15.0. The molecule has 0 N–H and O–H groups in total. The van der Waals surface area contributed by atoms with E-state index in [1.165, 1.54) is 0 Å². The fraction of sp³-hybridized carbons (Fsp3) is 0.650. The summed E-state index contributed by atoms with van der Waals surface area (Å²) >= 11 is 0. The number of hydrogen-bond donors (Lipinski definition) is 0. The number of rotatable bonds is 4. The molecule has 1 aliphatic heterocycles. The van der Waals surface area contributed by atoms with Crippen LogP contribution < -0.4 is 0 Å². The maximum absolute atomic E-state index is 13.1. The van der Waals surface area contributed by atoms with Crippen LogP contribution in [-0.2, 0) is 14.1 Å². The highest BCUT2D eigenvalue weighted by Gasteiger charge is 2.56. The Labute approximate surface area is 153 Å². The van der Waals surface area contributed by atoms with Gasteiger partial charge < -0.3 is 14.2 Å². The van der Waals surface area contributed by atoms with Gasteiger partial charge in [0, 0.05) is 12.0 Å². The molecule has 1 saturated heterocycles. The fourth-order valence-electron chi connectivity index (χ4n) is 3.05. The molecule has 25 heavy (non-hydrogen) atoms. The molecule has 0 saturated carbocycles. The van der Waals surface area contributed by atoms with Gasteiger partial charge in [-0.3, -0.25) is 4.79 Å². The smallest absolute Gasteiger partial charge is 0.402 e. The molecule has 4 nitrogen and oxygen atoms in total. The lowest BCUT2D eigenvalue weighted by molar-refractivity contribution is -0.140. The molecule has 1 heterocycles. The standard InChI is InChI=1S/C20H32BNO3/c1-9-22(17(23)18(2,3)4)16(15-13-11-10-12-14-15)21-24-19(5,6)20(7,8)25-21/h10-14,16H,9H2,1-8H3. The van der Waals surface area contributed by atoms with Gasteiger partial charge in [-0.2, -0.15) is 0 Å². The zero-order valence-corrected chi connectivity index (χ0v) is 16.9. The molecule has 1 atom stereocenters. The van der Waals surface area contributed by atoms with Crippen LogP contribution in [0.4, 0.5) is 0 Å². The quantitative estimate of drug-likeness (QED) is 0.766. The van der Waals surface area contributed by atoms with Crippen molar-refractivity contribution in [1.29, 1.82) is 0 Å². The van der Waals surface area contributed by atoms with Gasteiger partial charge in [-0.25, -0.2) is 0 Å². The van der Waals surface area contributed by atoms with E-state index in [2.05, 4.69) is 0 Å². The van der Waals surface area contributed by atoms with E-state index in [9.17, 15) is 4.79 Å². The first kappa shape index (κ1) is 20.0. The highest BCUT2D eigenvalue weighted by atomic mass is 16.7. The van der Waals surface area contributed by atoms with Crippen LogP contribution >= 0.6 is 0 Å². The van der Waals surface area contributed by atoms with E-state index in [0.29, 0.717) is 6.54 Å². The van der Waals surface area contributed by atoms with Crippen LogP contribution in [0.3, 0.4) is 0 Å². The lowest BCUT2D eigenvalue weighted by Gasteiger charge is -2.36. The Kier molecular flexibility index (Phi) is 5.41. The molecule has 1 aromatic rings. The third kappa shape index (κ3) is 3.93. The highest BCUT2D eigenvalue weighted by molar-refractivity contribution is 6.47. The molecule has 5 heteroatoms. The van der Waals surface area contributed by atoms with Crippen molar-refractivity contribution in [3.8, 4) is 0 Å². The molecular formula is C20H32BNO3. The van der Waals surface area contributed by atoms with Crippen molar-refractivity contribution < 1.29 is 14.1 Å². The van der Waals surface area contributed by atoms with Crippen molar-refractivity contribution in [2.24, 2.45) is 5.41 Å². The summed E-state index contributed by atoms with van der Waals surface area (Å²) in [7, 11) is -0.501. The molecule has 0 spiro atoms. The first-order valence-electron chi connectivity index (χ1n) is 9.12. The van der Waals surface area contributed by atoms with Gasteiger partial charge in [0.15, 0.2) is 0 Å². The van der Waals surface area contributed by atoms with Crippen LogP contribution in [0.2, 0.25) is 0 Å². The Bertz CT molecular complexity index is 591. The minimum Gasteiger partial charge on any atom is -0.402 e. The Morgan fingerprint density at radius 2 is 1.56 bits per heavy atom. The fourth-order valence-corrected chi connectivity index (χ4v) is 3.05. The topological polar surface area (TPSA) is 38.8 Å². The van der Waals surface area contributed by atoms with E-state index in [-0.39, 0.29) is 11.8 Å². The maximum atomic E-state index is 13.1. The second-order valence-corrected chi connectivity index (χ2v) is 8.82. The van der Waals surface area contributed by atoms with E-state index in [0.717, 1.165) is 5.56 Å². The van der Waals surface area contributed by atoms with Gasteiger partial charge in [0.05, 0.1) is 17.1 Å². The second-order valence-electron chi connectivity index (χ2n) is 8.82. The Hall–Kier alpha value is -1.33. The zero-order valence-electron chi connectivity index (χ0n) is 16.9. The zero-order chi connectivity index (χ0) is 19.0. The average molecular weight is 345 g/mol. The summed E-state index contributed by atoms with van der Waals surface area (Å²) in [5.41, 5.74) is -0.309. The number of carbonyl (C=O) groups excluding carboxylic acids is 1. The number of hydrogen-bond acceptors (Lipinski definition) is 3. The van der Waals surface area contributed by atoms with Gasteiger partial charge in [-0.1, -0.05) is 51.1 Å².